The Balaban J connectivity index is 1.89. The summed E-state index contributed by atoms with van der Waals surface area (Å²) in [6.45, 7) is 7.56. The van der Waals surface area contributed by atoms with Crippen molar-refractivity contribution in [3.63, 3.8) is 0 Å². The van der Waals surface area contributed by atoms with E-state index in [9.17, 15) is 0 Å². The Morgan fingerprint density at radius 1 is 1.19 bits per heavy atom. The Morgan fingerprint density at radius 2 is 2.00 bits per heavy atom. The van der Waals surface area contributed by atoms with Gasteiger partial charge in [-0.05, 0) is 38.5 Å². The molecule has 0 saturated heterocycles. The molecule has 16 heavy (non-hydrogen) atoms. The van der Waals surface area contributed by atoms with Crippen molar-refractivity contribution in [2.24, 2.45) is 0 Å². The maximum Gasteiger partial charge on any atom is 0.120 e. The van der Waals surface area contributed by atoms with Gasteiger partial charge in [-0.3, -0.25) is 0 Å². The van der Waals surface area contributed by atoms with Gasteiger partial charge in [-0.15, -0.1) is 0 Å². The first-order valence-electron chi connectivity index (χ1n) is 5.46. The Kier molecular flexibility index (Phi) is 3.15. The lowest BCUT2D eigenvalue weighted by Crippen LogP contribution is -2.12. The van der Waals surface area contributed by atoms with Crippen LogP contribution in [0.5, 0.6) is 0 Å². The van der Waals surface area contributed by atoms with Crippen LogP contribution in [0.2, 0.25) is 0 Å². The number of aryl methyl sites for hydroxylation is 3. The third-order valence-electron chi connectivity index (χ3n) is 2.71. The van der Waals surface area contributed by atoms with Gasteiger partial charge < -0.3 is 14.2 Å². The molecule has 1 N–H and O–H groups in total. The quantitative estimate of drug-likeness (QED) is 0.858. The predicted molar refractivity (Wildman–Crippen MR) is 62.2 cm³/mol. The van der Waals surface area contributed by atoms with Gasteiger partial charge >= 0.3 is 0 Å². The van der Waals surface area contributed by atoms with Crippen LogP contribution in [0.15, 0.2) is 27.2 Å². The van der Waals surface area contributed by atoms with Crippen molar-refractivity contribution in [2.45, 2.75) is 33.9 Å². The molecule has 86 valence electrons. The fourth-order valence-corrected chi connectivity index (χ4v) is 1.75. The maximum atomic E-state index is 5.46. The SMILES string of the molecule is Cc1cc(CNCc2occc2C)c(C)o1. The van der Waals surface area contributed by atoms with Crippen molar-refractivity contribution >= 4 is 0 Å². The van der Waals surface area contributed by atoms with Crippen LogP contribution in [0.3, 0.4) is 0 Å². The van der Waals surface area contributed by atoms with E-state index in [2.05, 4.69) is 11.4 Å². The van der Waals surface area contributed by atoms with Crippen LogP contribution in [-0.2, 0) is 13.1 Å². The molecular weight excluding hydrogens is 202 g/mol. The second-order valence-corrected chi connectivity index (χ2v) is 4.07. The third-order valence-corrected chi connectivity index (χ3v) is 2.71. The van der Waals surface area contributed by atoms with Gasteiger partial charge in [0, 0.05) is 12.1 Å². The van der Waals surface area contributed by atoms with Crippen LogP contribution in [0.1, 0.15) is 28.4 Å². The van der Waals surface area contributed by atoms with Gasteiger partial charge in [0.15, 0.2) is 0 Å². The highest BCUT2D eigenvalue weighted by Crippen LogP contribution is 2.14. The topological polar surface area (TPSA) is 38.3 Å². The van der Waals surface area contributed by atoms with Gasteiger partial charge in [0.25, 0.3) is 0 Å². The minimum atomic E-state index is 0.752. The molecule has 2 heterocycles. The molecule has 0 radical (unpaired) electrons. The van der Waals surface area contributed by atoms with Gasteiger partial charge in [0.05, 0.1) is 12.8 Å². The molecule has 0 amide bonds. The first-order chi connectivity index (χ1) is 7.66. The highest BCUT2D eigenvalue weighted by molar-refractivity contribution is 5.20. The van der Waals surface area contributed by atoms with E-state index in [0.29, 0.717) is 0 Å². The molecular formula is C13H17NO2. The monoisotopic (exact) mass is 219 g/mol. The summed E-state index contributed by atoms with van der Waals surface area (Å²) in [6.07, 6.45) is 1.72. The molecule has 0 spiro atoms. The van der Waals surface area contributed by atoms with E-state index >= 15 is 0 Å². The number of hydrogen-bond donors (Lipinski definition) is 1. The number of rotatable bonds is 4. The Morgan fingerprint density at radius 3 is 2.56 bits per heavy atom. The van der Waals surface area contributed by atoms with E-state index in [1.54, 1.807) is 6.26 Å². The van der Waals surface area contributed by atoms with Crippen molar-refractivity contribution in [1.29, 1.82) is 0 Å². The molecule has 0 unspecified atom stereocenters. The van der Waals surface area contributed by atoms with E-state index in [0.717, 1.165) is 30.4 Å². The van der Waals surface area contributed by atoms with Crippen LogP contribution in [-0.4, -0.2) is 0 Å². The summed E-state index contributed by atoms with van der Waals surface area (Å²) in [7, 11) is 0. The van der Waals surface area contributed by atoms with Crippen LogP contribution >= 0.6 is 0 Å². The largest absolute Gasteiger partial charge is 0.468 e. The molecule has 0 aliphatic carbocycles. The molecule has 0 bridgehead atoms. The van der Waals surface area contributed by atoms with Crippen molar-refractivity contribution in [2.75, 3.05) is 0 Å². The summed E-state index contributed by atoms with van der Waals surface area (Å²) in [6, 6.07) is 4.04. The van der Waals surface area contributed by atoms with Crippen molar-refractivity contribution in [3.8, 4) is 0 Å². The Bertz CT molecular complexity index is 468. The molecule has 2 aromatic rings. The van der Waals surface area contributed by atoms with Gasteiger partial charge in [-0.2, -0.15) is 0 Å². The van der Waals surface area contributed by atoms with Gasteiger partial charge in [-0.25, -0.2) is 0 Å². The fraction of sp³-hybridized carbons (Fsp3) is 0.385. The molecule has 2 rings (SSSR count). The molecule has 0 aromatic carbocycles. The van der Waals surface area contributed by atoms with E-state index in [1.807, 2.05) is 26.8 Å². The Labute approximate surface area is 95.5 Å². The van der Waals surface area contributed by atoms with Crippen molar-refractivity contribution < 1.29 is 8.83 Å². The molecule has 0 saturated carbocycles. The summed E-state index contributed by atoms with van der Waals surface area (Å²) < 4.78 is 10.8. The maximum absolute atomic E-state index is 5.46. The summed E-state index contributed by atoms with van der Waals surface area (Å²) in [4.78, 5) is 0. The molecule has 0 aliphatic heterocycles. The lowest BCUT2D eigenvalue weighted by Gasteiger charge is -2.02. The van der Waals surface area contributed by atoms with E-state index < -0.39 is 0 Å². The summed E-state index contributed by atoms with van der Waals surface area (Å²) >= 11 is 0. The molecule has 3 heteroatoms. The first-order valence-corrected chi connectivity index (χ1v) is 5.46. The standard InChI is InChI=1S/C13H17NO2/c1-9-4-5-15-13(9)8-14-7-12-6-10(2)16-11(12)3/h4-6,14H,7-8H2,1-3H3. The second kappa shape index (κ2) is 4.58. The van der Waals surface area contributed by atoms with E-state index in [1.165, 1.54) is 11.1 Å². The number of furan rings is 2. The predicted octanol–water partition coefficient (Wildman–Crippen LogP) is 3.09. The van der Waals surface area contributed by atoms with Gasteiger partial charge in [0.1, 0.15) is 17.3 Å². The number of nitrogens with one attached hydrogen (secondary N) is 1. The highest BCUT2D eigenvalue weighted by atomic mass is 16.3. The summed E-state index contributed by atoms with van der Waals surface area (Å²) in [5, 5.41) is 3.35. The second-order valence-electron chi connectivity index (χ2n) is 4.07. The van der Waals surface area contributed by atoms with Crippen LogP contribution in [0.4, 0.5) is 0 Å². The molecule has 0 fully saturated rings. The average Bonchev–Trinajstić information content (AvgIpc) is 2.75. The molecule has 0 aliphatic rings. The average molecular weight is 219 g/mol. The first kappa shape index (κ1) is 11.0. The lowest BCUT2D eigenvalue weighted by atomic mass is 10.2. The number of hydrogen-bond acceptors (Lipinski definition) is 3. The normalized spacial score (nSPS) is 10.9. The highest BCUT2D eigenvalue weighted by Gasteiger charge is 2.05. The minimum absolute atomic E-state index is 0.752. The smallest absolute Gasteiger partial charge is 0.120 e. The van der Waals surface area contributed by atoms with Crippen LogP contribution in [0, 0.1) is 20.8 Å². The third kappa shape index (κ3) is 2.36. The summed E-state index contributed by atoms with van der Waals surface area (Å²) in [5.74, 6) is 2.95. The zero-order valence-electron chi connectivity index (χ0n) is 9.96. The lowest BCUT2D eigenvalue weighted by molar-refractivity contribution is 0.475. The van der Waals surface area contributed by atoms with E-state index in [4.69, 9.17) is 8.83 Å². The summed E-state index contributed by atoms with van der Waals surface area (Å²) in [5.41, 5.74) is 2.40. The molecule has 3 nitrogen and oxygen atoms in total. The Hall–Kier alpha value is -1.48. The van der Waals surface area contributed by atoms with E-state index in [-0.39, 0.29) is 0 Å². The van der Waals surface area contributed by atoms with Gasteiger partial charge in [-0.1, -0.05) is 0 Å². The van der Waals surface area contributed by atoms with Gasteiger partial charge in [0.2, 0.25) is 0 Å². The minimum Gasteiger partial charge on any atom is -0.468 e. The molecule has 0 atom stereocenters. The van der Waals surface area contributed by atoms with Crippen LogP contribution in [0.25, 0.3) is 0 Å². The van der Waals surface area contributed by atoms with Crippen LogP contribution < -0.4 is 5.32 Å². The zero-order chi connectivity index (χ0) is 11.5. The zero-order valence-corrected chi connectivity index (χ0v) is 9.96. The molecule has 2 aromatic heterocycles. The van der Waals surface area contributed by atoms with Crippen molar-refractivity contribution in [3.05, 3.63) is 46.8 Å². The van der Waals surface area contributed by atoms with Crippen molar-refractivity contribution in [1.82, 2.24) is 5.32 Å². The fourth-order valence-electron chi connectivity index (χ4n) is 1.75.